The summed E-state index contributed by atoms with van der Waals surface area (Å²) in [5, 5.41) is 5.36. The number of nitrogens with one attached hydrogen (secondary N) is 2. The molecule has 2 heterocycles. The largest absolute Gasteiger partial charge is 0.321 e. The van der Waals surface area contributed by atoms with Crippen LogP contribution in [0.4, 0.5) is 15.8 Å². The van der Waals surface area contributed by atoms with Crippen molar-refractivity contribution < 1.29 is 14.0 Å². The van der Waals surface area contributed by atoms with E-state index in [1.165, 1.54) is 22.6 Å². The molecule has 0 spiro atoms. The normalized spacial score (nSPS) is 10.6. The van der Waals surface area contributed by atoms with Crippen LogP contribution in [0.5, 0.6) is 0 Å². The molecule has 138 valence electrons. The van der Waals surface area contributed by atoms with E-state index in [9.17, 15) is 14.0 Å². The first-order valence-corrected chi connectivity index (χ1v) is 8.52. The predicted octanol–water partition coefficient (Wildman–Crippen LogP) is 3.98. The van der Waals surface area contributed by atoms with E-state index in [-0.39, 0.29) is 11.5 Å². The van der Waals surface area contributed by atoms with Gasteiger partial charge in [0, 0.05) is 17.6 Å². The fourth-order valence-electron chi connectivity index (χ4n) is 2.83. The second-order valence-corrected chi connectivity index (χ2v) is 6.02. The van der Waals surface area contributed by atoms with Gasteiger partial charge in [0.1, 0.15) is 5.82 Å². The van der Waals surface area contributed by atoms with Gasteiger partial charge in [-0.15, -0.1) is 0 Å². The molecule has 28 heavy (non-hydrogen) atoms. The molecule has 0 aliphatic rings. The van der Waals surface area contributed by atoms with E-state index in [4.69, 9.17) is 0 Å². The van der Waals surface area contributed by atoms with Crippen LogP contribution in [0.2, 0.25) is 0 Å². The first kappa shape index (κ1) is 17.4. The molecular formula is C21H15FN4O2. The van der Waals surface area contributed by atoms with Crippen molar-refractivity contribution >= 4 is 28.7 Å². The number of halogens is 1. The SMILES string of the molecule is O=C(Nc1ccccc1)c1nc(C(=O)Nc2cccc(F)c2)n2ccccc12. The lowest BCUT2D eigenvalue weighted by Gasteiger charge is -2.04. The summed E-state index contributed by atoms with van der Waals surface area (Å²) in [6, 6.07) is 19.7. The first-order chi connectivity index (χ1) is 13.6. The zero-order valence-corrected chi connectivity index (χ0v) is 14.6. The average Bonchev–Trinajstić information content (AvgIpc) is 3.09. The Bertz CT molecular complexity index is 1170. The molecule has 2 N–H and O–H groups in total. The number of amides is 2. The van der Waals surface area contributed by atoms with E-state index >= 15 is 0 Å². The minimum absolute atomic E-state index is 0.0260. The van der Waals surface area contributed by atoms with Gasteiger partial charge in [-0.1, -0.05) is 30.3 Å². The van der Waals surface area contributed by atoms with Crippen molar-refractivity contribution in [3.63, 3.8) is 0 Å². The predicted molar refractivity (Wildman–Crippen MR) is 104 cm³/mol. The van der Waals surface area contributed by atoms with E-state index in [1.807, 2.05) is 6.07 Å². The second-order valence-electron chi connectivity index (χ2n) is 6.02. The Kier molecular flexibility index (Phi) is 4.55. The van der Waals surface area contributed by atoms with E-state index in [2.05, 4.69) is 15.6 Å². The summed E-state index contributed by atoms with van der Waals surface area (Å²) >= 11 is 0. The molecule has 0 aliphatic heterocycles. The number of hydrogen-bond donors (Lipinski definition) is 2. The van der Waals surface area contributed by atoms with Crippen LogP contribution < -0.4 is 10.6 Å². The Hall–Kier alpha value is -4.00. The molecule has 7 heteroatoms. The number of benzene rings is 2. The van der Waals surface area contributed by atoms with Crippen molar-refractivity contribution in [1.82, 2.24) is 9.38 Å². The van der Waals surface area contributed by atoms with Gasteiger partial charge in [-0.05, 0) is 42.5 Å². The number of pyridine rings is 1. The number of rotatable bonds is 4. The molecule has 4 aromatic rings. The van der Waals surface area contributed by atoms with Crippen molar-refractivity contribution in [2.75, 3.05) is 10.6 Å². The molecule has 6 nitrogen and oxygen atoms in total. The zero-order chi connectivity index (χ0) is 19.5. The van der Waals surface area contributed by atoms with E-state index < -0.39 is 17.6 Å². The molecule has 2 aromatic carbocycles. The fraction of sp³-hybridized carbons (Fsp3) is 0. The van der Waals surface area contributed by atoms with E-state index in [0.717, 1.165) is 0 Å². The highest BCUT2D eigenvalue weighted by Gasteiger charge is 2.21. The van der Waals surface area contributed by atoms with Crippen LogP contribution in [0.3, 0.4) is 0 Å². The van der Waals surface area contributed by atoms with Crippen LogP contribution >= 0.6 is 0 Å². The summed E-state index contributed by atoms with van der Waals surface area (Å²) in [4.78, 5) is 29.6. The highest BCUT2D eigenvalue weighted by atomic mass is 19.1. The van der Waals surface area contributed by atoms with Crippen LogP contribution in [-0.4, -0.2) is 21.2 Å². The second kappa shape index (κ2) is 7.32. The van der Waals surface area contributed by atoms with Crippen LogP contribution in [0.25, 0.3) is 5.52 Å². The van der Waals surface area contributed by atoms with E-state index in [1.54, 1.807) is 54.7 Å². The third-order valence-corrected chi connectivity index (χ3v) is 4.08. The van der Waals surface area contributed by atoms with Gasteiger partial charge in [0.25, 0.3) is 11.8 Å². The first-order valence-electron chi connectivity index (χ1n) is 8.52. The lowest BCUT2D eigenvalue weighted by Crippen LogP contribution is -2.16. The lowest BCUT2D eigenvalue weighted by molar-refractivity contribution is 0.101. The highest BCUT2D eigenvalue weighted by Crippen LogP contribution is 2.17. The summed E-state index contributed by atoms with van der Waals surface area (Å²) in [6.07, 6.45) is 1.64. The summed E-state index contributed by atoms with van der Waals surface area (Å²) < 4.78 is 14.9. The Morgan fingerprint density at radius 3 is 2.32 bits per heavy atom. The van der Waals surface area contributed by atoms with Crippen molar-refractivity contribution in [2.24, 2.45) is 0 Å². The Morgan fingerprint density at radius 1 is 0.821 bits per heavy atom. The van der Waals surface area contributed by atoms with Gasteiger partial charge >= 0.3 is 0 Å². The third-order valence-electron chi connectivity index (χ3n) is 4.08. The number of fused-ring (bicyclic) bond motifs is 1. The molecule has 0 saturated heterocycles. The number of aromatic nitrogens is 2. The number of carbonyl (C=O) groups excluding carboxylic acids is 2. The van der Waals surface area contributed by atoms with Gasteiger partial charge in [0.15, 0.2) is 5.69 Å². The molecule has 0 fully saturated rings. The monoisotopic (exact) mass is 374 g/mol. The van der Waals surface area contributed by atoms with Gasteiger partial charge in [-0.25, -0.2) is 9.37 Å². The van der Waals surface area contributed by atoms with Crippen LogP contribution in [0, 0.1) is 5.82 Å². The molecule has 0 bridgehead atoms. The van der Waals surface area contributed by atoms with Crippen LogP contribution in [-0.2, 0) is 0 Å². The number of nitrogens with zero attached hydrogens (tertiary/aromatic N) is 2. The third kappa shape index (κ3) is 3.45. The van der Waals surface area contributed by atoms with Crippen LogP contribution in [0.1, 0.15) is 21.1 Å². The Balaban J connectivity index is 1.68. The quantitative estimate of drug-likeness (QED) is 0.567. The molecule has 0 unspecified atom stereocenters. The van der Waals surface area contributed by atoms with Crippen molar-refractivity contribution in [1.29, 1.82) is 0 Å². The fourth-order valence-corrected chi connectivity index (χ4v) is 2.83. The maximum absolute atomic E-state index is 13.4. The number of imidazole rings is 1. The Labute approximate surface area is 159 Å². The topological polar surface area (TPSA) is 75.5 Å². The van der Waals surface area contributed by atoms with Crippen molar-refractivity contribution in [2.45, 2.75) is 0 Å². The summed E-state index contributed by atoms with van der Waals surface area (Å²) in [5.74, 6) is -1.42. The average molecular weight is 374 g/mol. The zero-order valence-electron chi connectivity index (χ0n) is 14.6. The summed E-state index contributed by atoms with van der Waals surface area (Å²) in [6.45, 7) is 0. The maximum atomic E-state index is 13.4. The molecular weight excluding hydrogens is 359 g/mol. The van der Waals surface area contributed by atoms with Crippen molar-refractivity contribution in [3.8, 4) is 0 Å². The summed E-state index contributed by atoms with van der Waals surface area (Å²) in [7, 11) is 0. The van der Waals surface area contributed by atoms with Crippen molar-refractivity contribution in [3.05, 3.63) is 96.3 Å². The minimum atomic E-state index is -0.550. The number of anilines is 2. The summed E-state index contributed by atoms with van der Waals surface area (Å²) in [5.41, 5.74) is 1.53. The van der Waals surface area contributed by atoms with Crippen LogP contribution in [0.15, 0.2) is 79.0 Å². The minimum Gasteiger partial charge on any atom is -0.321 e. The number of carbonyl (C=O) groups is 2. The van der Waals surface area contributed by atoms with Gasteiger partial charge in [0.2, 0.25) is 5.82 Å². The van der Waals surface area contributed by atoms with Gasteiger partial charge in [0.05, 0.1) is 5.52 Å². The maximum Gasteiger partial charge on any atom is 0.292 e. The lowest BCUT2D eigenvalue weighted by atomic mass is 10.3. The molecule has 2 amide bonds. The standard InChI is InChI=1S/C21H15FN4O2/c22-14-7-6-10-16(13-14)24-21(28)19-25-18(17-11-4-5-12-26(17)19)20(27)23-15-8-2-1-3-9-15/h1-13H,(H,23,27)(H,24,28). The molecule has 4 rings (SSSR count). The number of hydrogen-bond acceptors (Lipinski definition) is 3. The number of para-hydroxylation sites is 1. The van der Waals surface area contributed by atoms with Gasteiger partial charge in [-0.3, -0.25) is 14.0 Å². The molecule has 0 atom stereocenters. The molecule has 0 radical (unpaired) electrons. The van der Waals surface area contributed by atoms with E-state index in [0.29, 0.717) is 16.9 Å². The smallest absolute Gasteiger partial charge is 0.292 e. The molecule has 2 aromatic heterocycles. The Morgan fingerprint density at radius 2 is 1.54 bits per heavy atom. The molecule has 0 saturated carbocycles. The molecule has 0 aliphatic carbocycles. The van der Waals surface area contributed by atoms with Gasteiger partial charge < -0.3 is 10.6 Å². The highest BCUT2D eigenvalue weighted by molar-refractivity contribution is 6.10. The van der Waals surface area contributed by atoms with Gasteiger partial charge in [-0.2, -0.15) is 0 Å².